The maximum atomic E-state index is 12.3. The van der Waals surface area contributed by atoms with Crippen molar-refractivity contribution in [3.05, 3.63) is 17.5 Å². The fourth-order valence-corrected chi connectivity index (χ4v) is 2.40. The van der Waals surface area contributed by atoms with E-state index in [1.165, 1.54) is 0 Å². The summed E-state index contributed by atoms with van der Waals surface area (Å²) in [7, 11) is 1.76. The molecule has 19 heavy (non-hydrogen) atoms. The van der Waals surface area contributed by atoms with Crippen LogP contribution in [0.2, 0.25) is 0 Å². The zero-order valence-corrected chi connectivity index (χ0v) is 11.6. The van der Waals surface area contributed by atoms with Gasteiger partial charge >= 0.3 is 0 Å². The van der Waals surface area contributed by atoms with Crippen molar-refractivity contribution in [3.8, 4) is 0 Å². The molecule has 1 fully saturated rings. The molecular weight excluding hydrogens is 244 g/mol. The summed E-state index contributed by atoms with van der Waals surface area (Å²) in [5.41, 5.74) is 1.96. The third kappa shape index (κ3) is 2.77. The number of aromatic nitrogens is 2. The first-order valence-electron chi connectivity index (χ1n) is 6.54. The van der Waals surface area contributed by atoms with Crippen LogP contribution >= 0.6 is 0 Å². The molecule has 0 saturated carbocycles. The number of hydrogen-bond donors (Lipinski definition) is 1. The Morgan fingerprint density at radius 3 is 2.89 bits per heavy atom. The summed E-state index contributed by atoms with van der Waals surface area (Å²) in [6.45, 7) is 4.91. The maximum Gasteiger partial charge on any atom is 0.245 e. The fraction of sp³-hybridized carbons (Fsp3) is 0.615. The van der Waals surface area contributed by atoms with E-state index >= 15 is 0 Å². The lowest BCUT2D eigenvalue weighted by Crippen LogP contribution is -2.46. The molecule has 1 aliphatic rings. The van der Waals surface area contributed by atoms with Crippen molar-refractivity contribution in [1.82, 2.24) is 20.0 Å². The number of aromatic amines is 1. The summed E-state index contributed by atoms with van der Waals surface area (Å²) in [5.74, 6) is 0.0459. The Bertz CT molecular complexity index is 483. The average molecular weight is 264 g/mol. The molecule has 6 heteroatoms. The Balaban J connectivity index is 1.99. The Labute approximate surface area is 112 Å². The van der Waals surface area contributed by atoms with Crippen molar-refractivity contribution in [2.45, 2.75) is 39.3 Å². The molecule has 1 saturated heterocycles. The van der Waals surface area contributed by atoms with Gasteiger partial charge in [0.1, 0.15) is 6.04 Å². The van der Waals surface area contributed by atoms with Gasteiger partial charge in [-0.1, -0.05) is 0 Å². The minimum absolute atomic E-state index is 0.0316. The Hall–Kier alpha value is -1.85. The van der Waals surface area contributed by atoms with E-state index in [1.54, 1.807) is 30.0 Å². The number of nitrogens with zero attached hydrogens (tertiary/aromatic N) is 3. The number of carbonyl (C=O) groups excluding carboxylic acids is 2. The van der Waals surface area contributed by atoms with Crippen molar-refractivity contribution >= 4 is 11.8 Å². The third-order valence-electron chi connectivity index (χ3n) is 3.65. The van der Waals surface area contributed by atoms with Crippen LogP contribution in [-0.4, -0.2) is 51.4 Å². The monoisotopic (exact) mass is 264 g/mol. The van der Waals surface area contributed by atoms with E-state index in [2.05, 4.69) is 10.2 Å². The van der Waals surface area contributed by atoms with Crippen molar-refractivity contribution in [2.24, 2.45) is 0 Å². The number of amides is 2. The molecule has 0 radical (unpaired) electrons. The highest BCUT2D eigenvalue weighted by atomic mass is 16.2. The molecule has 0 aromatic carbocycles. The van der Waals surface area contributed by atoms with Crippen LogP contribution in [0.5, 0.6) is 0 Å². The Morgan fingerprint density at radius 2 is 2.37 bits per heavy atom. The predicted octanol–water partition coefficient (Wildman–Crippen LogP) is 0.687. The summed E-state index contributed by atoms with van der Waals surface area (Å²) in [6.07, 6.45) is 3.13. The predicted molar refractivity (Wildman–Crippen MR) is 70.2 cm³/mol. The molecule has 1 aromatic heterocycles. The van der Waals surface area contributed by atoms with Gasteiger partial charge in [-0.05, 0) is 20.3 Å². The number of nitrogens with one attached hydrogen (secondary N) is 1. The van der Waals surface area contributed by atoms with Crippen LogP contribution in [0.1, 0.15) is 31.0 Å². The Kier molecular flexibility index (Phi) is 3.87. The first-order chi connectivity index (χ1) is 9.00. The Morgan fingerprint density at radius 1 is 1.63 bits per heavy atom. The number of rotatable bonds is 4. The molecule has 1 atom stereocenters. The van der Waals surface area contributed by atoms with E-state index in [0.717, 1.165) is 17.7 Å². The summed E-state index contributed by atoms with van der Waals surface area (Å²) in [5, 5.41) is 6.79. The van der Waals surface area contributed by atoms with Crippen LogP contribution in [0.25, 0.3) is 0 Å². The van der Waals surface area contributed by atoms with Crippen molar-refractivity contribution in [1.29, 1.82) is 0 Å². The number of likely N-dealkylation sites (N-methyl/N-ethyl adjacent to an activating group) is 1. The molecule has 1 N–H and O–H groups in total. The van der Waals surface area contributed by atoms with Crippen molar-refractivity contribution in [2.75, 3.05) is 13.6 Å². The molecule has 1 unspecified atom stereocenters. The van der Waals surface area contributed by atoms with E-state index in [1.807, 2.05) is 6.92 Å². The smallest absolute Gasteiger partial charge is 0.245 e. The summed E-state index contributed by atoms with van der Waals surface area (Å²) < 4.78 is 0. The highest BCUT2D eigenvalue weighted by Gasteiger charge is 2.31. The van der Waals surface area contributed by atoms with Gasteiger partial charge in [0.15, 0.2) is 0 Å². The van der Waals surface area contributed by atoms with Gasteiger partial charge < -0.3 is 9.80 Å². The van der Waals surface area contributed by atoms with Gasteiger partial charge in [0, 0.05) is 37.8 Å². The van der Waals surface area contributed by atoms with Gasteiger partial charge in [0.05, 0.1) is 6.20 Å². The fourth-order valence-electron chi connectivity index (χ4n) is 2.40. The van der Waals surface area contributed by atoms with Gasteiger partial charge in [0.2, 0.25) is 11.8 Å². The topological polar surface area (TPSA) is 69.3 Å². The van der Waals surface area contributed by atoms with E-state index in [-0.39, 0.29) is 17.9 Å². The number of hydrogen-bond acceptors (Lipinski definition) is 3. The lowest BCUT2D eigenvalue weighted by atomic mass is 10.2. The molecule has 0 bridgehead atoms. The molecule has 2 rings (SSSR count). The molecule has 2 amide bonds. The summed E-state index contributed by atoms with van der Waals surface area (Å²) >= 11 is 0. The molecule has 0 aliphatic carbocycles. The third-order valence-corrected chi connectivity index (χ3v) is 3.65. The van der Waals surface area contributed by atoms with Gasteiger partial charge in [0.25, 0.3) is 0 Å². The quantitative estimate of drug-likeness (QED) is 0.869. The normalized spacial score (nSPS) is 16.8. The van der Waals surface area contributed by atoms with Crippen molar-refractivity contribution in [3.63, 3.8) is 0 Å². The van der Waals surface area contributed by atoms with Crippen LogP contribution in [0, 0.1) is 6.92 Å². The average Bonchev–Trinajstić information content (AvgIpc) is 2.97. The first-order valence-corrected chi connectivity index (χ1v) is 6.54. The summed E-state index contributed by atoms with van der Waals surface area (Å²) in [4.78, 5) is 27.3. The summed E-state index contributed by atoms with van der Waals surface area (Å²) in [6, 6.07) is -0.382. The van der Waals surface area contributed by atoms with E-state index in [9.17, 15) is 9.59 Å². The van der Waals surface area contributed by atoms with Crippen LogP contribution in [-0.2, 0) is 16.1 Å². The van der Waals surface area contributed by atoms with Crippen LogP contribution < -0.4 is 0 Å². The number of carbonyl (C=O) groups is 2. The molecular formula is C13H20N4O2. The SMILES string of the molecule is Cc1[nH]ncc1CN(C)C(=O)C(C)N1CCCC1=O. The van der Waals surface area contributed by atoms with Crippen LogP contribution in [0.4, 0.5) is 0 Å². The molecule has 1 aliphatic heterocycles. The standard InChI is InChI=1S/C13H20N4O2/c1-9-11(7-14-15-9)8-16(3)13(19)10(2)17-6-4-5-12(17)18/h7,10H,4-6,8H2,1-3H3,(H,14,15). The van der Waals surface area contributed by atoms with Gasteiger partial charge in [-0.2, -0.15) is 5.10 Å². The molecule has 2 heterocycles. The number of H-pyrrole nitrogens is 1. The first kappa shape index (κ1) is 13.6. The highest BCUT2D eigenvalue weighted by Crippen LogP contribution is 2.16. The minimum atomic E-state index is -0.382. The van der Waals surface area contributed by atoms with Crippen LogP contribution in [0.15, 0.2) is 6.20 Å². The second kappa shape index (κ2) is 5.42. The lowest BCUT2D eigenvalue weighted by Gasteiger charge is -2.27. The molecule has 1 aromatic rings. The minimum Gasteiger partial charge on any atom is -0.340 e. The zero-order chi connectivity index (χ0) is 14.0. The maximum absolute atomic E-state index is 12.3. The second-order valence-electron chi connectivity index (χ2n) is 5.08. The molecule has 104 valence electrons. The lowest BCUT2D eigenvalue weighted by molar-refractivity contribution is -0.142. The van der Waals surface area contributed by atoms with Crippen LogP contribution in [0.3, 0.4) is 0 Å². The van der Waals surface area contributed by atoms with E-state index in [4.69, 9.17) is 0 Å². The van der Waals surface area contributed by atoms with Crippen molar-refractivity contribution < 1.29 is 9.59 Å². The number of likely N-dealkylation sites (tertiary alicyclic amines) is 1. The van der Waals surface area contributed by atoms with Gasteiger partial charge in [-0.25, -0.2) is 0 Å². The number of aryl methyl sites for hydroxylation is 1. The van der Waals surface area contributed by atoms with E-state index < -0.39 is 0 Å². The molecule has 6 nitrogen and oxygen atoms in total. The van der Waals surface area contributed by atoms with E-state index in [0.29, 0.717) is 19.5 Å². The highest BCUT2D eigenvalue weighted by molar-refractivity contribution is 5.88. The van der Waals surface area contributed by atoms with Gasteiger partial charge in [-0.15, -0.1) is 0 Å². The largest absolute Gasteiger partial charge is 0.340 e. The second-order valence-corrected chi connectivity index (χ2v) is 5.08. The van der Waals surface area contributed by atoms with Gasteiger partial charge in [-0.3, -0.25) is 14.7 Å². The molecule has 0 spiro atoms. The zero-order valence-electron chi connectivity index (χ0n) is 11.6.